The molecule has 0 spiro atoms. The Hall–Kier alpha value is -3.42. The zero-order valence-corrected chi connectivity index (χ0v) is 16.3. The van der Waals surface area contributed by atoms with Gasteiger partial charge in [0, 0.05) is 28.2 Å². The molecule has 136 valence electrons. The summed E-state index contributed by atoms with van der Waals surface area (Å²) in [6, 6.07) is 25.0. The molecule has 28 heavy (non-hydrogen) atoms. The van der Waals surface area contributed by atoms with Crippen LogP contribution in [0.5, 0.6) is 0 Å². The third-order valence-corrected chi connectivity index (χ3v) is 5.55. The van der Waals surface area contributed by atoms with Crippen LogP contribution in [0.1, 0.15) is 17.5 Å². The van der Waals surface area contributed by atoms with Crippen LogP contribution in [-0.4, -0.2) is 4.98 Å². The van der Waals surface area contributed by atoms with Gasteiger partial charge < -0.3 is 5.32 Å². The molecule has 0 saturated heterocycles. The Balaban J connectivity index is 1.60. The third-order valence-electron chi connectivity index (χ3n) is 4.67. The molecule has 1 N–H and O–H groups in total. The second kappa shape index (κ2) is 8.08. The number of nitrogens with one attached hydrogen (secondary N) is 1. The van der Waals surface area contributed by atoms with E-state index in [9.17, 15) is 5.26 Å². The van der Waals surface area contributed by atoms with Gasteiger partial charge in [0.1, 0.15) is 16.6 Å². The number of fused-ring (bicyclic) bond motifs is 1. The van der Waals surface area contributed by atoms with Crippen molar-refractivity contribution in [3.05, 3.63) is 88.9 Å². The summed E-state index contributed by atoms with van der Waals surface area (Å²) in [4.78, 5) is 4.67. The molecule has 0 atom stereocenters. The van der Waals surface area contributed by atoms with Gasteiger partial charge >= 0.3 is 0 Å². The van der Waals surface area contributed by atoms with Crippen molar-refractivity contribution in [2.24, 2.45) is 0 Å². The minimum absolute atomic E-state index is 0.523. The molecule has 0 aliphatic heterocycles. The van der Waals surface area contributed by atoms with Crippen molar-refractivity contribution in [3.63, 3.8) is 0 Å². The van der Waals surface area contributed by atoms with Gasteiger partial charge in [-0.25, -0.2) is 4.98 Å². The molecule has 0 saturated carbocycles. The van der Waals surface area contributed by atoms with E-state index >= 15 is 0 Å². The highest BCUT2D eigenvalue weighted by atomic mass is 32.1. The van der Waals surface area contributed by atoms with Crippen LogP contribution < -0.4 is 5.32 Å². The number of hydrogen-bond acceptors (Lipinski definition) is 4. The molecule has 4 aromatic rings. The van der Waals surface area contributed by atoms with E-state index in [4.69, 9.17) is 0 Å². The van der Waals surface area contributed by atoms with E-state index in [1.54, 1.807) is 6.20 Å². The van der Waals surface area contributed by atoms with Crippen LogP contribution in [0.3, 0.4) is 0 Å². The fourth-order valence-electron chi connectivity index (χ4n) is 3.08. The van der Waals surface area contributed by atoms with Crippen LogP contribution in [0.15, 0.2) is 78.3 Å². The largest absolute Gasteiger partial charge is 0.360 e. The average Bonchev–Trinajstić information content (AvgIpc) is 3.24. The fraction of sp³-hybridized carbons (Fsp3) is 0.0833. The van der Waals surface area contributed by atoms with Crippen LogP contribution in [0.4, 0.5) is 5.69 Å². The van der Waals surface area contributed by atoms with Gasteiger partial charge in [-0.2, -0.15) is 5.26 Å². The highest BCUT2D eigenvalue weighted by molar-refractivity contribution is 7.11. The van der Waals surface area contributed by atoms with Crippen LogP contribution in [-0.2, 0) is 6.42 Å². The Morgan fingerprint density at radius 1 is 1.07 bits per heavy atom. The smallest absolute Gasteiger partial charge is 0.136 e. The first kappa shape index (κ1) is 18.0. The van der Waals surface area contributed by atoms with Gasteiger partial charge in [-0.3, -0.25) is 0 Å². The topological polar surface area (TPSA) is 48.7 Å². The van der Waals surface area contributed by atoms with E-state index in [2.05, 4.69) is 65.8 Å². The lowest BCUT2D eigenvalue weighted by Gasteiger charge is -2.06. The molecule has 3 nitrogen and oxygen atoms in total. The maximum Gasteiger partial charge on any atom is 0.136 e. The van der Waals surface area contributed by atoms with E-state index in [0.717, 1.165) is 34.1 Å². The van der Waals surface area contributed by atoms with Gasteiger partial charge in [0.2, 0.25) is 0 Å². The minimum Gasteiger partial charge on any atom is -0.360 e. The number of aromatic nitrogens is 1. The first-order chi connectivity index (χ1) is 13.8. The zero-order valence-electron chi connectivity index (χ0n) is 15.5. The highest BCUT2D eigenvalue weighted by Gasteiger charge is 2.09. The third kappa shape index (κ3) is 3.66. The molecule has 0 bridgehead atoms. The summed E-state index contributed by atoms with van der Waals surface area (Å²) in [7, 11) is 0. The summed E-state index contributed by atoms with van der Waals surface area (Å²) in [6.07, 6.45) is 2.76. The van der Waals surface area contributed by atoms with Crippen LogP contribution >= 0.6 is 11.3 Å². The van der Waals surface area contributed by atoms with Crippen molar-refractivity contribution in [3.8, 4) is 17.3 Å². The second-order valence-corrected chi connectivity index (χ2v) is 7.29. The van der Waals surface area contributed by atoms with Gasteiger partial charge in [0.05, 0.1) is 5.69 Å². The second-order valence-electron chi connectivity index (χ2n) is 6.43. The van der Waals surface area contributed by atoms with Gasteiger partial charge in [0.15, 0.2) is 0 Å². The van der Waals surface area contributed by atoms with Crippen molar-refractivity contribution >= 4 is 33.4 Å². The molecule has 0 radical (unpaired) electrons. The predicted molar refractivity (Wildman–Crippen MR) is 118 cm³/mol. The number of nitriles is 1. The van der Waals surface area contributed by atoms with Gasteiger partial charge in [-0.15, -0.1) is 11.3 Å². The van der Waals surface area contributed by atoms with Gasteiger partial charge in [-0.1, -0.05) is 67.6 Å². The molecule has 1 aromatic heterocycles. The molecule has 0 fully saturated rings. The molecule has 0 unspecified atom stereocenters. The number of anilines is 1. The molecule has 0 aliphatic rings. The quantitative estimate of drug-likeness (QED) is 0.401. The van der Waals surface area contributed by atoms with Crippen molar-refractivity contribution in [2.75, 3.05) is 5.32 Å². The Labute approximate surface area is 168 Å². The number of rotatable bonds is 5. The summed E-state index contributed by atoms with van der Waals surface area (Å²) < 4.78 is 0. The van der Waals surface area contributed by atoms with E-state index < -0.39 is 0 Å². The summed E-state index contributed by atoms with van der Waals surface area (Å²) in [5.41, 5.74) is 4.76. The van der Waals surface area contributed by atoms with Gasteiger partial charge in [0.25, 0.3) is 0 Å². The Morgan fingerprint density at radius 2 is 1.86 bits per heavy atom. The standard InChI is InChI=1S/C24H19N3S/c1-2-17-10-12-19(13-11-17)23-16-28-24(27-23)20(14-25)15-26-22-9-5-7-18-6-3-4-8-21(18)22/h3-13,15-16,26H,2H2,1H3/b20-15+. The molecule has 0 aliphatic carbocycles. The maximum absolute atomic E-state index is 9.63. The van der Waals surface area contributed by atoms with Crippen LogP contribution in [0.2, 0.25) is 0 Å². The van der Waals surface area contributed by atoms with Crippen molar-refractivity contribution in [2.45, 2.75) is 13.3 Å². The van der Waals surface area contributed by atoms with Crippen molar-refractivity contribution in [1.29, 1.82) is 5.26 Å². The molecule has 0 amide bonds. The van der Waals surface area contributed by atoms with Crippen molar-refractivity contribution in [1.82, 2.24) is 4.98 Å². The van der Waals surface area contributed by atoms with Gasteiger partial charge in [-0.05, 0) is 23.4 Å². The van der Waals surface area contributed by atoms with E-state index in [-0.39, 0.29) is 0 Å². The van der Waals surface area contributed by atoms with Crippen LogP contribution in [0.25, 0.3) is 27.6 Å². The lowest BCUT2D eigenvalue weighted by molar-refractivity contribution is 1.14. The molecule has 4 heteroatoms. The monoisotopic (exact) mass is 381 g/mol. The number of thiazole rings is 1. The Bertz CT molecular complexity index is 1180. The zero-order chi connectivity index (χ0) is 19.3. The molecule has 3 aromatic carbocycles. The Kier molecular flexibility index (Phi) is 5.18. The van der Waals surface area contributed by atoms with E-state index in [1.807, 2.05) is 29.6 Å². The lowest BCUT2D eigenvalue weighted by atomic mass is 10.1. The number of aryl methyl sites for hydroxylation is 1. The summed E-state index contributed by atoms with van der Waals surface area (Å²) in [5.74, 6) is 0. The summed E-state index contributed by atoms with van der Waals surface area (Å²) in [6.45, 7) is 2.14. The van der Waals surface area contributed by atoms with Crippen LogP contribution in [0, 0.1) is 11.3 Å². The van der Waals surface area contributed by atoms with Crippen molar-refractivity contribution < 1.29 is 0 Å². The minimum atomic E-state index is 0.523. The first-order valence-electron chi connectivity index (χ1n) is 9.18. The SMILES string of the molecule is CCc1ccc(-c2csc(/C(C#N)=C/Nc3cccc4ccccc34)n2)cc1. The molecule has 1 heterocycles. The molecule has 4 rings (SSSR count). The average molecular weight is 382 g/mol. The highest BCUT2D eigenvalue weighted by Crippen LogP contribution is 2.27. The summed E-state index contributed by atoms with van der Waals surface area (Å²) >= 11 is 1.48. The lowest BCUT2D eigenvalue weighted by Crippen LogP contribution is -1.92. The normalized spacial score (nSPS) is 11.4. The number of allylic oxidation sites excluding steroid dienone is 1. The number of benzene rings is 3. The Morgan fingerprint density at radius 3 is 2.64 bits per heavy atom. The maximum atomic E-state index is 9.63. The number of nitrogens with zero attached hydrogens (tertiary/aromatic N) is 2. The summed E-state index contributed by atoms with van der Waals surface area (Å²) in [5, 5.41) is 17.9. The van der Waals surface area contributed by atoms with E-state index in [0.29, 0.717) is 10.6 Å². The predicted octanol–water partition coefficient (Wildman–Crippen LogP) is 6.50. The van der Waals surface area contributed by atoms with E-state index in [1.165, 1.54) is 16.9 Å². The number of hydrogen-bond donors (Lipinski definition) is 1. The molecular formula is C24H19N3S. The fourth-order valence-corrected chi connectivity index (χ4v) is 3.88. The molecular weight excluding hydrogens is 362 g/mol. The first-order valence-corrected chi connectivity index (χ1v) is 10.1.